The summed E-state index contributed by atoms with van der Waals surface area (Å²) in [5, 5.41) is 11.5. The van der Waals surface area contributed by atoms with Crippen molar-refractivity contribution in [2.75, 3.05) is 36.4 Å². The van der Waals surface area contributed by atoms with Crippen LogP contribution >= 0.6 is 0 Å². The third-order valence-electron chi connectivity index (χ3n) is 5.78. The molecule has 1 aromatic carbocycles. The third-order valence-corrected chi connectivity index (χ3v) is 5.78. The Balaban J connectivity index is 1.38. The van der Waals surface area contributed by atoms with Gasteiger partial charge in [0.15, 0.2) is 0 Å². The largest absolute Gasteiger partial charge is 0.370 e. The third kappa shape index (κ3) is 4.85. The van der Waals surface area contributed by atoms with Gasteiger partial charge in [0.1, 0.15) is 5.69 Å². The molecule has 0 atom stereocenters. The predicted octanol–water partition coefficient (Wildman–Crippen LogP) is 3.97. The molecule has 1 aliphatic heterocycles. The van der Waals surface area contributed by atoms with Crippen molar-refractivity contribution < 1.29 is 0 Å². The first kappa shape index (κ1) is 21.1. The number of nitrogens with one attached hydrogen (secondary N) is 2. The van der Waals surface area contributed by atoms with Gasteiger partial charge in [0.25, 0.3) is 0 Å². The van der Waals surface area contributed by atoms with Gasteiger partial charge in [-0.1, -0.05) is 0 Å². The van der Waals surface area contributed by atoms with Gasteiger partial charge in [-0.2, -0.15) is 5.10 Å². The average molecular weight is 441 g/mol. The Morgan fingerprint density at radius 2 is 1.94 bits per heavy atom. The Kier molecular flexibility index (Phi) is 6.25. The minimum Gasteiger partial charge on any atom is -0.370 e. The van der Waals surface area contributed by atoms with Crippen LogP contribution in [-0.2, 0) is 6.54 Å². The van der Waals surface area contributed by atoms with Gasteiger partial charge in [-0.05, 0) is 62.4 Å². The molecule has 4 heterocycles. The van der Waals surface area contributed by atoms with Crippen molar-refractivity contribution in [2.24, 2.45) is 0 Å². The second-order valence-electron chi connectivity index (χ2n) is 8.02. The van der Waals surface area contributed by atoms with E-state index in [2.05, 4.69) is 56.7 Å². The van der Waals surface area contributed by atoms with E-state index in [9.17, 15) is 0 Å². The van der Waals surface area contributed by atoms with E-state index in [-0.39, 0.29) is 0 Å². The molecule has 8 heteroatoms. The molecule has 0 bridgehead atoms. The Morgan fingerprint density at radius 3 is 2.76 bits per heavy atom. The van der Waals surface area contributed by atoms with Gasteiger partial charge in [0.05, 0.1) is 5.69 Å². The SMILES string of the molecule is CCn1cc(-c2ccnc(Nc3ccc(N4CCCNCC4)cc3)n2)c(-c2cccnc2)n1. The maximum absolute atomic E-state index is 4.78. The summed E-state index contributed by atoms with van der Waals surface area (Å²) in [6.45, 7) is 7.07. The predicted molar refractivity (Wildman–Crippen MR) is 132 cm³/mol. The van der Waals surface area contributed by atoms with Crippen LogP contribution in [0.1, 0.15) is 13.3 Å². The molecule has 1 aliphatic rings. The van der Waals surface area contributed by atoms with Crippen LogP contribution in [-0.4, -0.2) is 50.9 Å². The van der Waals surface area contributed by atoms with Gasteiger partial charge >= 0.3 is 0 Å². The topological polar surface area (TPSA) is 83.8 Å². The minimum atomic E-state index is 0.556. The Morgan fingerprint density at radius 1 is 1.03 bits per heavy atom. The molecule has 5 rings (SSSR count). The van der Waals surface area contributed by atoms with Crippen molar-refractivity contribution in [3.8, 4) is 22.5 Å². The summed E-state index contributed by atoms with van der Waals surface area (Å²) in [6, 6.07) is 14.3. The van der Waals surface area contributed by atoms with Crippen LogP contribution in [0.4, 0.5) is 17.3 Å². The summed E-state index contributed by atoms with van der Waals surface area (Å²) in [6.07, 6.45) is 8.56. The number of aromatic nitrogens is 5. The molecular formula is C25H28N8. The highest BCUT2D eigenvalue weighted by Gasteiger charge is 2.15. The monoisotopic (exact) mass is 440 g/mol. The molecule has 2 N–H and O–H groups in total. The number of hydrogen-bond acceptors (Lipinski definition) is 7. The van der Waals surface area contributed by atoms with Crippen LogP contribution in [0.15, 0.2) is 67.3 Å². The van der Waals surface area contributed by atoms with Crippen LogP contribution in [0.5, 0.6) is 0 Å². The highest BCUT2D eigenvalue weighted by molar-refractivity contribution is 5.78. The number of aryl methyl sites for hydroxylation is 1. The van der Waals surface area contributed by atoms with Crippen molar-refractivity contribution in [3.05, 3.63) is 67.3 Å². The Labute approximate surface area is 193 Å². The van der Waals surface area contributed by atoms with E-state index in [1.807, 2.05) is 35.3 Å². The first-order valence-electron chi connectivity index (χ1n) is 11.4. The van der Waals surface area contributed by atoms with Crippen molar-refractivity contribution in [3.63, 3.8) is 0 Å². The second kappa shape index (κ2) is 9.79. The van der Waals surface area contributed by atoms with E-state index in [4.69, 9.17) is 10.1 Å². The standard InChI is InChI=1S/C25H28N8/c1-2-33-18-22(24(31-33)19-5-3-11-27-17-19)23-10-13-28-25(30-23)29-20-6-8-21(9-7-20)32-15-4-12-26-14-16-32/h3,5-11,13,17-18,26H,2,4,12,14-16H2,1H3,(H,28,29,30). The summed E-state index contributed by atoms with van der Waals surface area (Å²) in [5.74, 6) is 0.556. The molecule has 0 amide bonds. The van der Waals surface area contributed by atoms with E-state index in [1.165, 1.54) is 5.69 Å². The summed E-state index contributed by atoms with van der Waals surface area (Å²) in [4.78, 5) is 15.9. The van der Waals surface area contributed by atoms with Crippen LogP contribution in [0.25, 0.3) is 22.5 Å². The zero-order valence-electron chi connectivity index (χ0n) is 18.8. The maximum atomic E-state index is 4.78. The lowest BCUT2D eigenvalue weighted by molar-refractivity contribution is 0.662. The van der Waals surface area contributed by atoms with Crippen molar-refractivity contribution in [2.45, 2.75) is 19.9 Å². The normalized spacial score (nSPS) is 14.2. The molecule has 0 radical (unpaired) electrons. The fraction of sp³-hybridized carbons (Fsp3) is 0.280. The number of anilines is 3. The fourth-order valence-electron chi connectivity index (χ4n) is 4.04. The molecule has 33 heavy (non-hydrogen) atoms. The first-order chi connectivity index (χ1) is 16.3. The Bertz CT molecular complexity index is 1180. The first-order valence-corrected chi connectivity index (χ1v) is 11.4. The minimum absolute atomic E-state index is 0.556. The van der Waals surface area contributed by atoms with Gasteiger partial charge in [-0.15, -0.1) is 0 Å². The molecule has 0 unspecified atom stereocenters. The van der Waals surface area contributed by atoms with Gasteiger partial charge in [-0.25, -0.2) is 9.97 Å². The smallest absolute Gasteiger partial charge is 0.227 e. The van der Waals surface area contributed by atoms with E-state index in [0.29, 0.717) is 5.95 Å². The van der Waals surface area contributed by atoms with Crippen LogP contribution < -0.4 is 15.5 Å². The van der Waals surface area contributed by atoms with E-state index in [1.54, 1.807) is 12.4 Å². The van der Waals surface area contributed by atoms with Gasteiger partial charge in [0.2, 0.25) is 5.95 Å². The van der Waals surface area contributed by atoms with Crippen LogP contribution in [0, 0.1) is 0 Å². The molecular weight excluding hydrogens is 412 g/mol. The molecule has 0 aliphatic carbocycles. The van der Waals surface area contributed by atoms with Gasteiger partial charge < -0.3 is 15.5 Å². The quantitative estimate of drug-likeness (QED) is 0.469. The number of pyridine rings is 1. The molecule has 3 aromatic heterocycles. The fourth-order valence-corrected chi connectivity index (χ4v) is 4.04. The molecule has 168 valence electrons. The van der Waals surface area contributed by atoms with E-state index < -0.39 is 0 Å². The molecule has 0 saturated carbocycles. The van der Waals surface area contributed by atoms with Crippen molar-refractivity contribution in [1.29, 1.82) is 0 Å². The molecule has 1 fully saturated rings. The highest BCUT2D eigenvalue weighted by atomic mass is 15.3. The van der Waals surface area contributed by atoms with Crippen LogP contribution in [0.2, 0.25) is 0 Å². The molecule has 4 aromatic rings. The van der Waals surface area contributed by atoms with Crippen LogP contribution in [0.3, 0.4) is 0 Å². The molecule has 1 saturated heterocycles. The number of benzene rings is 1. The Hall–Kier alpha value is -3.78. The zero-order chi connectivity index (χ0) is 22.5. The maximum Gasteiger partial charge on any atom is 0.227 e. The lowest BCUT2D eigenvalue weighted by atomic mass is 10.1. The lowest BCUT2D eigenvalue weighted by Crippen LogP contribution is -2.27. The second-order valence-corrected chi connectivity index (χ2v) is 8.02. The summed E-state index contributed by atoms with van der Waals surface area (Å²) in [5.41, 5.74) is 5.81. The lowest BCUT2D eigenvalue weighted by Gasteiger charge is -2.22. The van der Waals surface area contributed by atoms with Gasteiger partial charge in [0, 0.05) is 73.5 Å². The average Bonchev–Trinajstić information content (AvgIpc) is 3.12. The summed E-state index contributed by atoms with van der Waals surface area (Å²) < 4.78 is 1.92. The highest BCUT2D eigenvalue weighted by Crippen LogP contribution is 2.30. The zero-order valence-corrected chi connectivity index (χ0v) is 18.8. The molecule has 8 nitrogen and oxygen atoms in total. The molecule has 0 spiro atoms. The van der Waals surface area contributed by atoms with Gasteiger partial charge in [-0.3, -0.25) is 9.67 Å². The van der Waals surface area contributed by atoms with E-state index >= 15 is 0 Å². The summed E-state index contributed by atoms with van der Waals surface area (Å²) >= 11 is 0. The number of hydrogen-bond donors (Lipinski definition) is 2. The number of rotatable bonds is 6. The van der Waals surface area contributed by atoms with Crippen molar-refractivity contribution in [1.82, 2.24) is 30.0 Å². The number of nitrogens with zero attached hydrogens (tertiary/aromatic N) is 6. The van der Waals surface area contributed by atoms with Crippen molar-refractivity contribution >= 4 is 17.3 Å². The van der Waals surface area contributed by atoms with E-state index in [0.717, 1.165) is 67.3 Å². The summed E-state index contributed by atoms with van der Waals surface area (Å²) in [7, 11) is 0.